The molecule has 1 aromatic rings. The van der Waals surface area contributed by atoms with Crippen molar-refractivity contribution in [2.24, 2.45) is 4.99 Å². The lowest BCUT2D eigenvalue weighted by Crippen LogP contribution is -2.40. The van der Waals surface area contributed by atoms with Crippen molar-refractivity contribution in [1.29, 1.82) is 0 Å². The number of nitrogens with one attached hydrogen (secondary N) is 2. The Morgan fingerprint density at radius 2 is 1.95 bits per heavy atom. The average Bonchev–Trinajstić information content (AvgIpc) is 2.46. The highest BCUT2D eigenvalue weighted by molar-refractivity contribution is 5.79. The molecule has 4 nitrogen and oxygen atoms in total. The Kier molecular flexibility index (Phi) is 6.99. The van der Waals surface area contributed by atoms with E-state index >= 15 is 0 Å². The first-order valence-corrected chi connectivity index (χ1v) is 7.52. The smallest absolute Gasteiger partial charge is 0.191 e. The third-order valence-corrected chi connectivity index (χ3v) is 3.23. The fourth-order valence-corrected chi connectivity index (χ4v) is 2.13. The quantitative estimate of drug-likeness (QED) is 0.626. The van der Waals surface area contributed by atoms with Gasteiger partial charge in [0.25, 0.3) is 0 Å². The van der Waals surface area contributed by atoms with Gasteiger partial charge in [-0.15, -0.1) is 0 Å². The fraction of sp³-hybridized carbons (Fsp3) is 0.562. The molecule has 0 unspecified atom stereocenters. The first-order valence-electron chi connectivity index (χ1n) is 7.52. The van der Waals surface area contributed by atoms with Gasteiger partial charge in [-0.25, -0.2) is 4.39 Å². The van der Waals surface area contributed by atoms with E-state index in [1.807, 2.05) is 44.7 Å². The number of hydrogen-bond acceptors (Lipinski definition) is 2. The molecule has 0 aliphatic rings. The van der Waals surface area contributed by atoms with Crippen LogP contribution in [0.25, 0.3) is 0 Å². The molecule has 0 spiro atoms. The van der Waals surface area contributed by atoms with Crippen molar-refractivity contribution in [3.8, 4) is 0 Å². The Bertz CT molecular complexity index is 467. The van der Waals surface area contributed by atoms with Crippen LogP contribution in [0.2, 0.25) is 0 Å². The Balaban J connectivity index is 2.72. The first-order chi connectivity index (χ1) is 10.0. The molecule has 0 aliphatic heterocycles. The Morgan fingerprint density at radius 1 is 1.29 bits per heavy atom. The number of benzene rings is 1. The van der Waals surface area contributed by atoms with Gasteiger partial charge in [0.15, 0.2) is 5.96 Å². The van der Waals surface area contributed by atoms with Crippen LogP contribution in [0.15, 0.2) is 23.2 Å². The summed E-state index contributed by atoms with van der Waals surface area (Å²) in [5, 5.41) is 6.38. The molecule has 5 heteroatoms. The summed E-state index contributed by atoms with van der Waals surface area (Å²) in [6.07, 6.45) is 0. The van der Waals surface area contributed by atoms with E-state index in [-0.39, 0.29) is 5.82 Å². The Morgan fingerprint density at radius 3 is 2.43 bits per heavy atom. The van der Waals surface area contributed by atoms with Crippen molar-refractivity contribution < 1.29 is 4.39 Å². The topological polar surface area (TPSA) is 39.7 Å². The van der Waals surface area contributed by atoms with Crippen LogP contribution < -0.4 is 15.5 Å². The van der Waals surface area contributed by atoms with Gasteiger partial charge in [0, 0.05) is 32.7 Å². The summed E-state index contributed by atoms with van der Waals surface area (Å²) in [6.45, 7) is 10.3. The molecule has 0 radical (unpaired) electrons. The van der Waals surface area contributed by atoms with Crippen LogP contribution in [-0.2, 0) is 6.54 Å². The van der Waals surface area contributed by atoms with Crippen LogP contribution in [0.5, 0.6) is 0 Å². The van der Waals surface area contributed by atoms with E-state index in [1.165, 1.54) is 0 Å². The molecule has 1 aromatic carbocycles. The maximum absolute atomic E-state index is 14.2. The number of nitrogens with zero attached hydrogens (tertiary/aromatic N) is 2. The van der Waals surface area contributed by atoms with Gasteiger partial charge in [0.2, 0.25) is 0 Å². The highest BCUT2D eigenvalue weighted by Crippen LogP contribution is 2.20. The number of aliphatic imine (C=N–C) groups is 1. The molecule has 0 atom stereocenters. The molecular weight excluding hydrogens is 267 g/mol. The van der Waals surface area contributed by atoms with Crippen molar-refractivity contribution in [3.63, 3.8) is 0 Å². The maximum Gasteiger partial charge on any atom is 0.191 e. The normalized spacial score (nSPS) is 11.7. The fourth-order valence-electron chi connectivity index (χ4n) is 2.13. The van der Waals surface area contributed by atoms with Crippen molar-refractivity contribution in [2.75, 3.05) is 25.0 Å². The minimum absolute atomic E-state index is 0.176. The van der Waals surface area contributed by atoms with Gasteiger partial charge < -0.3 is 15.5 Å². The summed E-state index contributed by atoms with van der Waals surface area (Å²) in [4.78, 5) is 6.14. The summed E-state index contributed by atoms with van der Waals surface area (Å²) in [6, 6.07) is 5.69. The predicted molar refractivity (Wildman–Crippen MR) is 88.4 cm³/mol. The zero-order chi connectivity index (χ0) is 15.8. The molecule has 0 fully saturated rings. The average molecular weight is 294 g/mol. The summed E-state index contributed by atoms with van der Waals surface area (Å²) >= 11 is 0. The molecule has 0 bridgehead atoms. The summed E-state index contributed by atoms with van der Waals surface area (Å²) in [7, 11) is 1.72. The van der Waals surface area contributed by atoms with E-state index < -0.39 is 0 Å². The van der Waals surface area contributed by atoms with Gasteiger partial charge in [0.1, 0.15) is 5.82 Å². The molecule has 0 heterocycles. The molecule has 0 aliphatic carbocycles. The minimum Gasteiger partial charge on any atom is -0.370 e. The van der Waals surface area contributed by atoms with Crippen LogP contribution in [0.3, 0.4) is 0 Å². The number of anilines is 1. The minimum atomic E-state index is -0.176. The van der Waals surface area contributed by atoms with Crippen molar-refractivity contribution >= 4 is 11.6 Å². The molecule has 0 saturated carbocycles. The van der Waals surface area contributed by atoms with Crippen molar-refractivity contribution in [3.05, 3.63) is 29.6 Å². The van der Waals surface area contributed by atoms with E-state index in [1.54, 1.807) is 13.1 Å². The SMILES string of the molecule is CCN(CC)c1ccc(CNC(=NC)NC(C)C)cc1F. The lowest BCUT2D eigenvalue weighted by molar-refractivity contribution is 0.616. The van der Waals surface area contributed by atoms with E-state index in [2.05, 4.69) is 15.6 Å². The molecule has 118 valence electrons. The second kappa shape index (κ2) is 8.49. The molecule has 0 aromatic heterocycles. The van der Waals surface area contributed by atoms with E-state index in [4.69, 9.17) is 0 Å². The van der Waals surface area contributed by atoms with Gasteiger partial charge in [-0.3, -0.25) is 4.99 Å². The standard InChI is InChI=1S/C16H27FN4/c1-6-21(7-2)15-9-8-13(10-14(15)17)11-19-16(18-5)20-12(3)4/h8-10,12H,6-7,11H2,1-5H3,(H2,18,19,20). The monoisotopic (exact) mass is 294 g/mol. The largest absolute Gasteiger partial charge is 0.370 e. The number of halogens is 1. The maximum atomic E-state index is 14.2. The van der Waals surface area contributed by atoms with Crippen LogP contribution in [0, 0.1) is 5.82 Å². The highest BCUT2D eigenvalue weighted by atomic mass is 19.1. The van der Waals surface area contributed by atoms with Crippen molar-refractivity contribution in [1.82, 2.24) is 10.6 Å². The number of rotatable bonds is 6. The van der Waals surface area contributed by atoms with Crippen LogP contribution in [-0.4, -0.2) is 32.1 Å². The van der Waals surface area contributed by atoms with Gasteiger partial charge in [-0.2, -0.15) is 0 Å². The van der Waals surface area contributed by atoms with Crippen molar-refractivity contribution in [2.45, 2.75) is 40.3 Å². The number of hydrogen-bond donors (Lipinski definition) is 2. The molecule has 0 amide bonds. The van der Waals surface area contributed by atoms with Crippen LogP contribution in [0.1, 0.15) is 33.3 Å². The van der Waals surface area contributed by atoms with E-state index in [9.17, 15) is 4.39 Å². The highest BCUT2D eigenvalue weighted by Gasteiger charge is 2.09. The van der Waals surface area contributed by atoms with Gasteiger partial charge in [-0.05, 0) is 45.4 Å². The molecular formula is C16H27FN4. The molecule has 2 N–H and O–H groups in total. The number of guanidine groups is 1. The Hall–Kier alpha value is -1.78. The third kappa shape index (κ3) is 5.25. The van der Waals surface area contributed by atoms with Crippen LogP contribution in [0.4, 0.5) is 10.1 Å². The second-order valence-electron chi connectivity index (χ2n) is 5.18. The molecule has 1 rings (SSSR count). The zero-order valence-corrected chi connectivity index (χ0v) is 13.7. The van der Waals surface area contributed by atoms with Gasteiger partial charge >= 0.3 is 0 Å². The Labute approximate surface area is 127 Å². The summed E-state index contributed by atoms with van der Waals surface area (Å²) < 4.78 is 14.2. The van der Waals surface area contributed by atoms with E-state index in [0.717, 1.165) is 24.6 Å². The molecule has 21 heavy (non-hydrogen) atoms. The van der Waals surface area contributed by atoms with Crippen LogP contribution >= 0.6 is 0 Å². The first kappa shape index (κ1) is 17.3. The second-order valence-corrected chi connectivity index (χ2v) is 5.18. The lowest BCUT2D eigenvalue weighted by Gasteiger charge is -2.22. The predicted octanol–water partition coefficient (Wildman–Crippen LogP) is 2.75. The molecule has 0 saturated heterocycles. The van der Waals surface area contributed by atoms with E-state index in [0.29, 0.717) is 18.3 Å². The third-order valence-electron chi connectivity index (χ3n) is 3.23. The lowest BCUT2D eigenvalue weighted by atomic mass is 10.2. The van der Waals surface area contributed by atoms with Gasteiger partial charge in [-0.1, -0.05) is 6.07 Å². The summed E-state index contributed by atoms with van der Waals surface area (Å²) in [5.41, 5.74) is 1.56. The summed E-state index contributed by atoms with van der Waals surface area (Å²) in [5.74, 6) is 0.544. The van der Waals surface area contributed by atoms with Gasteiger partial charge in [0.05, 0.1) is 5.69 Å². The zero-order valence-electron chi connectivity index (χ0n) is 13.7.